The van der Waals surface area contributed by atoms with Crippen molar-refractivity contribution in [3.8, 4) is 0 Å². The van der Waals surface area contributed by atoms with E-state index in [-0.39, 0.29) is 35.1 Å². The molecule has 1 aliphatic heterocycles. The molecule has 0 aliphatic carbocycles. The zero-order valence-electron chi connectivity index (χ0n) is 11.5. The summed E-state index contributed by atoms with van der Waals surface area (Å²) in [5.74, 6) is 0.0714. The molecule has 0 aromatic carbocycles. The number of aromatic carboxylic acids is 1. The smallest absolute Gasteiger partial charge is 0.545 e. The van der Waals surface area contributed by atoms with Crippen LogP contribution in [0.25, 0.3) is 0 Å². The van der Waals surface area contributed by atoms with Gasteiger partial charge in [0.25, 0.3) is 0 Å². The zero-order chi connectivity index (χ0) is 13.6. The van der Waals surface area contributed by atoms with Crippen LogP contribution in [0, 0.1) is 0 Å². The van der Waals surface area contributed by atoms with Gasteiger partial charge in [-0.2, -0.15) is 0 Å². The summed E-state index contributed by atoms with van der Waals surface area (Å²) in [6, 6.07) is 5.14. The Bertz CT molecular complexity index is 677. The molecule has 0 amide bonds. The normalized spacial score (nSPS) is 12.3. The Hall–Kier alpha value is -1.63. The summed E-state index contributed by atoms with van der Waals surface area (Å²) in [5, 5.41) is 11.2. The molecule has 2 aromatic heterocycles. The van der Waals surface area contributed by atoms with E-state index in [4.69, 9.17) is 0 Å². The van der Waals surface area contributed by atoms with Crippen LogP contribution in [0.1, 0.15) is 10.4 Å². The third-order valence-corrected chi connectivity index (χ3v) is 3.22. The summed E-state index contributed by atoms with van der Waals surface area (Å²) >= 11 is 0. The van der Waals surface area contributed by atoms with Gasteiger partial charge in [-0.1, -0.05) is 0 Å². The fourth-order valence-electron chi connectivity index (χ4n) is 2.31. The van der Waals surface area contributed by atoms with Gasteiger partial charge in [-0.15, -0.1) is 0 Å². The standard InChI is InChI=1S/C13H12N4O2.Na/c1-16-9-4-3-6-14-11(9)17(2)12-10(16)8(13(18)19)5-7-15-12;/h3-7H,1-2H3,(H,18,19);/q;+1/p-1. The van der Waals surface area contributed by atoms with Crippen LogP contribution in [-0.4, -0.2) is 30.0 Å². The maximum atomic E-state index is 11.2. The number of carboxylic acids is 1. The first kappa shape index (κ1) is 14.8. The predicted molar refractivity (Wildman–Crippen MR) is 68.9 cm³/mol. The molecule has 0 unspecified atom stereocenters. The summed E-state index contributed by atoms with van der Waals surface area (Å²) in [6.07, 6.45) is 3.15. The first-order valence-corrected chi connectivity index (χ1v) is 5.74. The van der Waals surface area contributed by atoms with Crippen molar-refractivity contribution in [3.05, 3.63) is 36.2 Å². The van der Waals surface area contributed by atoms with Crippen molar-refractivity contribution in [2.75, 3.05) is 23.9 Å². The average Bonchev–Trinajstić information content (AvgIpc) is 2.44. The quantitative estimate of drug-likeness (QED) is 0.546. The van der Waals surface area contributed by atoms with Gasteiger partial charge < -0.3 is 19.7 Å². The van der Waals surface area contributed by atoms with Crippen LogP contribution in [0.15, 0.2) is 30.6 Å². The van der Waals surface area contributed by atoms with Crippen molar-refractivity contribution in [1.82, 2.24) is 9.97 Å². The average molecular weight is 278 g/mol. The number of carbonyl (C=O) groups excluding carboxylic acids is 1. The number of carboxylic acid groups (broad SMARTS) is 1. The van der Waals surface area contributed by atoms with E-state index >= 15 is 0 Å². The fourth-order valence-corrected chi connectivity index (χ4v) is 2.31. The molecule has 3 rings (SSSR count). The van der Waals surface area contributed by atoms with E-state index in [1.807, 2.05) is 19.2 Å². The van der Waals surface area contributed by atoms with Crippen LogP contribution in [0.3, 0.4) is 0 Å². The van der Waals surface area contributed by atoms with Crippen molar-refractivity contribution < 1.29 is 39.5 Å². The summed E-state index contributed by atoms with van der Waals surface area (Å²) < 4.78 is 0. The van der Waals surface area contributed by atoms with Crippen molar-refractivity contribution in [2.24, 2.45) is 0 Å². The minimum absolute atomic E-state index is 0. The Kier molecular flexibility index (Phi) is 3.99. The van der Waals surface area contributed by atoms with Crippen LogP contribution in [0.5, 0.6) is 0 Å². The molecule has 1 aliphatic rings. The minimum Gasteiger partial charge on any atom is -0.545 e. The molecule has 20 heavy (non-hydrogen) atoms. The van der Waals surface area contributed by atoms with Gasteiger partial charge in [0.05, 0.1) is 17.3 Å². The molecule has 7 heteroatoms. The van der Waals surface area contributed by atoms with E-state index in [0.717, 1.165) is 11.5 Å². The van der Waals surface area contributed by atoms with Crippen molar-refractivity contribution in [1.29, 1.82) is 0 Å². The zero-order valence-corrected chi connectivity index (χ0v) is 13.5. The fraction of sp³-hybridized carbons (Fsp3) is 0.154. The Morgan fingerprint density at radius 1 is 1.10 bits per heavy atom. The van der Waals surface area contributed by atoms with E-state index in [1.165, 1.54) is 12.3 Å². The van der Waals surface area contributed by atoms with Crippen LogP contribution < -0.4 is 44.5 Å². The number of rotatable bonds is 1. The first-order valence-electron chi connectivity index (χ1n) is 5.74. The number of carbonyl (C=O) groups is 1. The second-order valence-electron chi connectivity index (χ2n) is 4.28. The largest absolute Gasteiger partial charge is 1.00 e. The molecule has 0 saturated heterocycles. The molecule has 3 heterocycles. The summed E-state index contributed by atoms with van der Waals surface area (Å²) in [5.41, 5.74) is 1.47. The van der Waals surface area contributed by atoms with E-state index in [2.05, 4.69) is 9.97 Å². The summed E-state index contributed by atoms with van der Waals surface area (Å²) in [7, 11) is 3.60. The van der Waals surface area contributed by atoms with Crippen molar-refractivity contribution >= 4 is 29.0 Å². The van der Waals surface area contributed by atoms with Gasteiger partial charge in [0.1, 0.15) is 0 Å². The Morgan fingerprint density at radius 3 is 2.50 bits per heavy atom. The van der Waals surface area contributed by atoms with Crippen molar-refractivity contribution in [3.63, 3.8) is 0 Å². The van der Waals surface area contributed by atoms with Crippen LogP contribution in [0.2, 0.25) is 0 Å². The molecule has 96 valence electrons. The number of fused-ring (bicyclic) bond motifs is 2. The number of nitrogens with zero attached hydrogens (tertiary/aromatic N) is 4. The Balaban J connectivity index is 0.00000147. The second-order valence-corrected chi connectivity index (χ2v) is 4.28. The van der Waals surface area contributed by atoms with Gasteiger partial charge in [0.2, 0.25) is 0 Å². The number of hydrogen-bond donors (Lipinski definition) is 0. The van der Waals surface area contributed by atoms with Gasteiger partial charge >= 0.3 is 29.6 Å². The van der Waals surface area contributed by atoms with E-state index < -0.39 is 5.97 Å². The number of hydrogen-bond acceptors (Lipinski definition) is 6. The first-order chi connectivity index (χ1) is 9.11. The Labute approximate surface area is 138 Å². The van der Waals surface area contributed by atoms with E-state index in [1.54, 1.807) is 23.0 Å². The second kappa shape index (κ2) is 5.40. The molecular formula is C13H11N4NaO2. The number of aromatic nitrogens is 2. The Morgan fingerprint density at radius 2 is 1.80 bits per heavy atom. The van der Waals surface area contributed by atoms with Gasteiger partial charge in [0, 0.05) is 32.1 Å². The van der Waals surface area contributed by atoms with Gasteiger partial charge in [-0.25, -0.2) is 9.97 Å². The number of anilines is 4. The maximum absolute atomic E-state index is 11.2. The molecule has 0 spiro atoms. The molecule has 0 atom stereocenters. The SMILES string of the molecule is CN1c2ncccc2N(C)c2c(C(=O)[O-])ccnc21.[Na+]. The third-order valence-electron chi connectivity index (χ3n) is 3.22. The molecule has 2 aromatic rings. The van der Waals surface area contributed by atoms with E-state index in [9.17, 15) is 9.90 Å². The van der Waals surface area contributed by atoms with Gasteiger partial charge in [-0.05, 0) is 18.2 Å². The molecule has 0 bridgehead atoms. The maximum Gasteiger partial charge on any atom is 1.00 e. The van der Waals surface area contributed by atoms with Crippen LogP contribution in [0.4, 0.5) is 23.0 Å². The predicted octanol–water partition coefficient (Wildman–Crippen LogP) is -2.31. The monoisotopic (exact) mass is 278 g/mol. The third kappa shape index (κ3) is 2.06. The van der Waals surface area contributed by atoms with Crippen LogP contribution >= 0.6 is 0 Å². The minimum atomic E-state index is -1.22. The topological polar surface area (TPSA) is 72.4 Å². The van der Waals surface area contributed by atoms with Crippen LogP contribution in [-0.2, 0) is 0 Å². The molecule has 0 fully saturated rings. The van der Waals surface area contributed by atoms with Crippen molar-refractivity contribution in [2.45, 2.75) is 0 Å². The molecular weight excluding hydrogens is 267 g/mol. The van der Waals surface area contributed by atoms with Gasteiger partial charge in [0.15, 0.2) is 11.6 Å². The summed E-state index contributed by atoms with van der Waals surface area (Å²) in [6.45, 7) is 0. The molecule has 0 saturated carbocycles. The van der Waals surface area contributed by atoms with E-state index in [0.29, 0.717) is 11.5 Å². The number of pyridine rings is 2. The molecule has 6 nitrogen and oxygen atoms in total. The molecule has 0 radical (unpaired) electrons. The summed E-state index contributed by atoms with van der Waals surface area (Å²) in [4.78, 5) is 23.3. The van der Waals surface area contributed by atoms with Gasteiger partial charge in [-0.3, -0.25) is 0 Å². The molecule has 0 N–H and O–H groups in total.